The summed E-state index contributed by atoms with van der Waals surface area (Å²) in [6.45, 7) is -0.405. The molecule has 7 heteroatoms. The number of benzene rings is 1. The van der Waals surface area contributed by atoms with E-state index in [4.69, 9.17) is 27.9 Å². The van der Waals surface area contributed by atoms with Crippen LogP contribution in [0.4, 0.5) is 0 Å². The second-order valence-corrected chi connectivity index (χ2v) is 7.11. The van der Waals surface area contributed by atoms with E-state index < -0.39 is 18.1 Å². The van der Waals surface area contributed by atoms with Crippen LogP contribution >= 0.6 is 23.2 Å². The summed E-state index contributed by atoms with van der Waals surface area (Å²) < 4.78 is 5.00. The van der Waals surface area contributed by atoms with Gasteiger partial charge in [-0.05, 0) is 36.6 Å². The summed E-state index contributed by atoms with van der Waals surface area (Å²) >= 11 is 11.8. The highest BCUT2D eigenvalue weighted by Gasteiger charge is 2.38. The third-order valence-electron chi connectivity index (χ3n) is 4.60. The molecule has 1 fully saturated rings. The van der Waals surface area contributed by atoms with E-state index in [0.717, 1.165) is 19.3 Å². The van der Waals surface area contributed by atoms with E-state index in [-0.39, 0.29) is 5.91 Å². The number of amides is 1. The molecule has 0 bridgehead atoms. The number of rotatable bonds is 5. The average Bonchev–Trinajstić information content (AvgIpc) is 2.65. The summed E-state index contributed by atoms with van der Waals surface area (Å²) in [7, 11) is 1.59. The fourth-order valence-corrected chi connectivity index (χ4v) is 3.44. The molecule has 1 aliphatic rings. The van der Waals surface area contributed by atoms with E-state index in [0.29, 0.717) is 28.5 Å². The van der Waals surface area contributed by atoms with Crippen molar-refractivity contribution < 1.29 is 14.3 Å². The quantitative estimate of drug-likeness (QED) is 0.553. The number of ether oxygens (including phenoxy) is 1. The first kappa shape index (κ1) is 20.3. The largest absolute Gasteiger partial charge is 0.452 e. The van der Waals surface area contributed by atoms with Crippen LogP contribution in [0.1, 0.15) is 37.7 Å². The molecule has 0 aromatic heterocycles. The topological polar surface area (TPSA) is 70.4 Å². The van der Waals surface area contributed by atoms with Crippen LogP contribution < -0.4 is 0 Å². The number of hydrogen-bond donors (Lipinski definition) is 0. The first-order valence-electron chi connectivity index (χ1n) is 8.36. The van der Waals surface area contributed by atoms with Gasteiger partial charge in [0.2, 0.25) is 0 Å². The Balaban J connectivity index is 1.91. The normalized spacial score (nSPS) is 16.1. The van der Waals surface area contributed by atoms with Crippen LogP contribution in [0.25, 0.3) is 6.08 Å². The maximum absolute atomic E-state index is 12.3. The van der Waals surface area contributed by atoms with Gasteiger partial charge in [-0.2, -0.15) is 5.26 Å². The second kappa shape index (κ2) is 9.07. The van der Waals surface area contributed by atoms with Crippen molar-refractivity contribution in [2.75, 3.05) is 13.7 Å². The molecule has 1 aromatic rings. The summed E-state index contributed by atoms with van der Waals surface area (Å²) in [6.07, 6.45) is 6.88. The number of carbonyl (C=O) groups excluding carboxylic acids is 2. The molecule has 0 heterocycles. The molecule has 5 nitrogen and oxygen atoms in total. The van der Waals surface area contributed by atoms with Gasteiger partial charge < -0.3 is 9.64 Å². The maximum atomic E-state index is 12.3. The van der Waals surface area contributed by atoms with Crippen LogP contribution in [-0.2, 0) is 14.3 Å². The number of halogens is 2. The lowest BCUT2D eigenvalue weighted by Crippen LogP contribution is -2.51. The van der Waals surface area contributed by atoms with E-state index in [9.17, 15) is 14.9 Å². The van der Waals surface area contributed by atoms with E-state index in [1.807, 2.05) is 0 Å². The van der Waals surface area contributed by atoms with Crippen molar-refractivity contribution in [2.24, 2.45) is 0 Å². The fraction of sp³-hybridized carbons (Fsp3) is 0.421. The highest BCUT2D eigenvalue weighted by Crippen LogP contribution is 2.32. The molecule has 0 saturated heterocycles. The van der Waals surface area contributed by atoms with Crippen molar-refractivity contribution >= 4 is 41.2 Å². The van der Waals surface area contributed by atoms with Crippen molar-refractivity contribution in [3.8, 4) is 6.07 Å². The number of hydrogen-bond acceptors (Lipinski definition) is 4. The second-order valence-electron chi connectivity index (χ2n) is 6.26. The first-order valence-corrected chi connectivity index (χ1v) is 9.11. The Kier molecular flexibility index (Phi) is 7.07. The third-order valence-corrected chi connectivity index (χ3v) is 5.17. The zero-order chi connectivity index (χ0) is 19.2. The molecule has 1 aliphatic carbocycles. The van der Waals surface area contributed by atoms with Gasteiger partial charge in [0, 0.05) is 23.2 Å². The van der Waals surface area contributed by atoms with Crippen LogP contribution in [0.3, 0.4) is 0 Å². The molecule has 0 N–H and O–H groups in total. The summed E-state index contributed by atoms with van der Waals surface area (Å²) in [5, 5.41) is 10.4. The van der Waals surface area contributed by atoms with Crippen LogP contribution in [0.5, 0.6) is 0 Å². The molecule has 2 rings (SSSR count). The Morgan fingerprint density at radius 3 is 2.62 bits per heavy atom. The minimum absolute atomic E-state index is 0.389. The van der Waals surface area contributed by atoms with E-state index in [1.54, 1.807) is 25.2 Å². The van der Waals surface area contributed by atoms with Crippen molar-refractivity contribution in [2.45, 2.75) is 37.6 Å². The summed E-state index contributed by atoms with van der Waals surface area (Å²) in [5.41, 5.74) is -0.184. The predicted molar refractivity (Wildman–Crippen MR) is 101 cm³/mol. The Labute approximate surface area is 163 Å². The molecule has 0 aliphatic heterocycles. The Morgan fingerprint density at radius 1 is 1.31 bits per heavy atom. The molecule has 0 atom stereocenters. The van der Waals surface area contributed by atoms with Gasteiger partial charge in [0.15, 0.2) is 6.61 Å². The number of nitrogens with zero attached hydrogens (tertiary/aromatic N) is 2. The van der Waals surface area contributed by atoms with Crippen LogP contribution in [0.2, 0.25) is 10.0 Å². The zero-order valence-corrected chi connectivity index (χ0v) is 16.0. The molecule has 138 valence electrons. The van der Waals surface area contributed by atoms with Gasteiger partial charge in [0.05, 0.1) is 6.07 Å². The van der Waals surface area contributed by atoms with Crippen LogP contribution in [0.15, 0.2) is 24.3 Å². The lowest BCUT2D eigenvalue weighted by molar-refractivity contribution is -0.150. The van der Waals surface area contributed by atoms with Gasteiger partial charge in [-0.25, -0.2) is 4.79 Å². The minimum Gasteiger partial charge on any atom is -0.452 e. The Bertz CT molecular complexity index is 750. The fourth-order valence-electron chi connectivity index (χ4n) is 2.97. The zero-order valence-electron chi connectivity index (χ0n) is 14.5. The molecule has 0 spiro atoms. The van der Waals surface area contributed by atoms with E-state index in [2.05, 4.69) is 6.07 Å². The number of carbonyl (C=O) groups is 2. The molecule has 0 radical (unpaired) electrons. The van der Waals surface area contributed by atoms with E-state index in [1.165, 1.54) is 17.1 Å². The molecule has 0 unspecified atom stereocenters. The smallest absolute Gasteiger partial charge is 0.331 e. The molecular formula is C19H20Cl2N2O3. The van der Waals surface area contributed by atoms with Crippen LogP contribution in [-0.4, -0.2) is 36.0 Å². The highest BCUT2D eigenvalue weighted by molar-refractivity contribution is 6.35. The van der Waals surface area contributed by atoms with Crippen molar-refractivity contribution in [1.29, 1.82) is 5.26 Å². The summed E-state index contributed by atoms with van der Waals surface area (Å²) in [4.78, 5) is 25.6. The first-order chi connectivity index (χ1) is 12.4. The van der Waals surface area contributed by atoms with Gasteiger partial charge in [-0.3, -0.25) is 4.79 Å². The van der Waals surface area contributed by atoms with Gasteiger partial charge in [-0.15, -0.1) is 0 Å². The summed E-state index contributed by atoms with van der Waals surface area (Å²) in [5.74, 6) is -1.05. The van der Waals surface area contributed by atoms with Crippen molar-refractivity contribution in [1.82, 2.24) is 4.90 Å². The number of esters is 1. The van der Waals surface area contributed by atoms with Gasteiger partial charge in [0.25, 0.3) is 5.91 Å². The molecule has 26 heavy (non-hydrogen) atoms. The lowest BCUT2D eigenvalue weighted by Gasteiger charge is -2.38. The maximum Gasteiger partial charge on any atom is 0.331 e. The molecular weight excluding hydrogens is 375 g/mol. The molecule has 1 aromatic carbocycles. The molecule has 1 saturated carbocycles. The van der Waals surface area contributed by atoms with Gasteiger partial charge >= 0.3 is 5.97 Å². The monoisotopic (exact) mass is 394 g/mol. The molecule has 1 amide bonds. The lowest BCUT2D eigenvalue weighted by atomic mass is 9.81. The standard InChI is InChI=1S/C19H20Cl2N2O3/c1-23(19(13-22)9-3-2-4-10-19)17(24)12-26-18(25)8-6-14-5-7-15(20)11-16(14)21/h5-8,11H,2-4,9-10,12H2,1H3/b8-6+. The number of nitriles is 1. The predicted octanol–water partition coefficient (Wildman–Crippen LogP) is 4.23. The van der Waals surface area contributed by atoms with Crippen molar-refractivity contribution in [3.63, 3.8) is 0 Å². The SMILES string of the molecule is CN(C(=O)COC(=O)/C=C/c1ccc(Cl)cc1Cl)C1(C#N)CCCCC1. The van der Waals surface area contributed by atoms with E-state index >= 15 is 0 Å². The van der Waals surface area contributed by atoms with Crippen LogP contribution in [0, 0.1) is 11.3 Å². The average molecular weight is 395 g/mol. The summed E-state index contributed by atoms with van der Waals surface area (Å²) in [6, 6.07) is 7.16. The van der Waals surface area contributed by atoms with Crippen molar-refractivity contribution in [3.05, 3.63) is 39.9 Å². The van der Waals surface area contributed by atoms with Gasteiger partial charge in [0.1, 0.15) is 5.54 Å². The van der Waals surface area contributed by atoms with Gasteiger partial charge in [-0.1, -0.05) is 48.5 Å². The number of likely N-dealkylation sites (N-methyl/N-ethyl adjacent to an activating group) is 1. The third kappa shape index (κ3) is 5.00. The highest BCUT2D eigenvalue weighted by atomic mass is 35.5. The Morgan fingerprint density at radius 2 is 2.00 bits per heavy atom. The Hall–Kier alpha value is -2.03. The minimum atomic E-state index is -0.797.